The molecular weight excluding hydrogens is 258 g/mol. The summed E-state index contributed by atoms with van der Waals surface area (Å²) in [5.41, 5.74) is 7.09. The quantitative estimate of drug-likeness (QED) is 0.509. The summed E-state index contributed by atoms with van der Waals surface area (Å²) in [6.07, 6.45) is 3.30. The lowest BCUT2D eigenvalue weighted by molar-refractivity contribution is -0.383. The van der Waals surface area contributed by atoms with Gasteiger partial charge >= 0.3 is 0 Å². The SMILES string of the molecule is Nc1ccc(N2CCC3(CCOCC3)C2)cc1[N+](=O)[O-]. The predicted octanol–water partition coefficient (Wildman–Crippen LogP) is 2.18. The van der Waals surface area contributed by atoms with Gasteiger partial charge in [-0.05, 0) is 36.8 Å². The third kappa shape index (κ3) is 2.31. The molecule has 2 aliphatic rings. The van der Waals surface area contributed by atoms with E-state index in [4.69, 9.17) is 10.5 Å². The normalized spacial score (nSPS) is 21.3. The van der Waals surface area contributed by atoms with Crippen molar-refractivity contribution in [1.82, 2.24) is 0 Å². The molecule has 108 valence electrons. The van der Waals surface area contributed by atoms with Gasteiger partial charge in [-0.1, -0.05) is 0 Å². The summed E-state index contributed by atoms with van der Waals surface area (Å²) in [5.74, 6) is 0. The second-order valence-electron chi connectivity index (χ2n) is 5.78. The molecule has 0 radical (unpaired) electrons. The van der Waals surface area contributed by atoms with Gasteiger partial charge in [0.1, 0.15) is 5.69 Å². The Labute approximate surface area is 117 Å². The Hall–Kier alpha value is -1.82. The molecule has 20 heavy (non-hydrogen) atoms. The van der Waals surface area contributed by atoms with Crippen LogP contribution in [0.1, 0.15) is 19.3 Å². The molecule has 1 spiro atoms. The summed E-state index contributed by atoms with van der Waals surface area (Å²) in [6.45, 7) is 3.56. The molecule has 2 heterocycles. The summed E-state index contributed by atoms with van der Waals surface area (Å²) in [4.78, 5) is 12.8. The third-order valence-corrected chi connectivity index (χ3v) is 4.57. The van der Waals surface area contributed by atoms with E-state index < -0.39 is 4.92 Å². The summed E-state index contributed by atoms with van der Waals surface area (Å²) < 4.78 is 5.44. The van der Waals surface area contributed by atoms with Crippen LogP contribution >= 0.6 is 0 Å². The Morgan fingerprint density at radius 1 is 1.30 bits per heavy atom. The summed E-state index contributed by atoms with van der Waals surface area (Å²) >= 11 is 0. The largest absolute Gasteiger partial charge is 0.393 e. The van der Waals surface area contributed by atoms with Crippen LogP contribution < -0.4 is 10.6 Å². The molecule has 0 aliphatic carbocycles. The van der Waals surface area contributed by atoms with E-state index in [1.807, 2.05) is 6.07 Å². The second-order valence-corrected chi connectivity index (χ2v) is 5.78. The van der Waals surface area contributed by atoms with E-state index in [1.54, 1.807) is 12.1 Å². The van der Waals surface area contributed by atoms with Crippen LogP contribution in [0.2, 0.25) is 0 Å². The maximum atomic E-state index is 11.0. The molecule has 2 aliphatic heterocycles. The molecule has 0 aromatic heterocycles. The fraction of sp³-hybridized carbons (Fsp3) is 0.571. The zero-order valence-electron chi connectivity index (χ0n) is 11.4. The molecule has 0 amide bonds. The number of anilines is 2. The van der Waals surface area contributed by atoms with Crippen LogP contribution in [-0.4, -0.2) is 31.2 Å². The average Bonchev–Trinajstić information content (AvgIpc) is 2.83. The van der Waals surface area contributed by atoms with E-state index in [1.165, 1.54) is 0 Å². The van der Waals surface area contributed by atoms with Gasteiger partial charge < -0.3 is 15.4 Å². The molecule has 2 fully saturated rings. The van der Waals surface area contributed by atoms with Gasteiger partial charge in [-0.25, -0.2) is 0 Å². The Morgan fingerprint density at radius 2 is 2.05 bits per heavy atom. The number of nitrogens with zero attached hydrogens (tertiary/aromatic N) is 2. The van der Waals surface area contributed by atoms with Crippen molar-refractivity contribution < 1.29 is 9.66 Å². The molecule has 3 rings (SSSR count). The van der Waals surface area contributed by atoms with Crippen molar-refractivity contribution in [3.8, 4) is 0 Å². The lowest BCUT2D eigenvalue weighted by atomic mass is 9.80. The average molecular weight is 277 g/mol. The number of nitrogens with two attached hydrogens (primary N) is 1. The molecule has 0 bridgehead atoms. The first-order valence-electron chi connectivity index (χ1n) is 6.96. The fourth-order valence-corrected chi connectivity index (χ4v) is 3.25. The van der Waals surface area contributed by atoms with Gasteiger partial charge in [-0.3, -0.25) is 10.1 Å². The Morgan fingerprint density at radius 3 is 2.75 bits per heavy atom. The first-order valence-corrected chi connectivity index (χ1v) is 6.96. The van der Waals surface area contributed by atoms with Crippen LogP contribution in [0, 0.1) is 15.5 Å². The molecule has 1 aromatic carbocycles. The van der Waals surface area contributed by atoms with E-state index in [2.05, 4.69) is 4.90 Å². The van der Waals surface area contributed by atoms with E-state index >= 15 is 0 Å². The molecule has 0 unspecified atom stereocenters. The fourth-order valence-electron chi connectivity index (χ4n) is 3.25. The van der Waals surface area contributed by atoms with Gasteiger partial charge in [0.25, 0.3) is 5.69 Å². The lowest BCUT2D eigenvalue weighted by Gasteiger charge is -2.33. The molecule has 2 N–H and O–H groups in total. The van der Waals surface area contributed by atoms with Crippen molar-refractivity contribution in [3.05, 3.63) is 28.3 Å². The van der Waals surface area contributed by atoms with Crippen molar-refractivity contribution in [1.29, 1.82) is 0 Å². The predicted molar refractivity (Wildman–Crippen MR) is 76.8 cm³/mol. The number of hydrogen-bond acceptors (Lipinski definition) is 5. The second kappa shape index (κ2) is 4.94. The van der Waals surface area contributed by atoms with Crippen LogP contribution in [0.15, 0.2) is 18.2 Å². The first kappa shape index (κ1) is 13.2. The maximum absolute atomic E-state index is 11.0. The van der Waals surface area contributed by atoms with Gasteiger partial charge in [0.2, 0.25) is 0 Å². The number of nitro benzene ring substituents is 1. The zero-order valence-corrected chi connectivity index (χ0v) is 11.4. The van der Waals surface area contributed by atoms with Crippen molar-refractivity contribution in [2.45, 2.75) is 19.3 Å². The van der Waals surface area contributed by atoms with Gasteiger partial charge in [-0.15, -0.1) is 0 Å². The number of rotatable bonds is 2. The Balaban J connectivity index is 1.80. The van der Waals surface area contributed by atoms with E-state index in [0.717, 1.165) is 51.3 Å². The minimum atomic E-state index is -0.418. The van der Waals surface area contributed by atoms with Crippen molar-refractivity contribution in [2.24, 2.45) is 5.41 Å². The van der Waals surface area contributed by atoms with Crippen molar-refractivity contribution in [2.75, 3.05) is 36.9 Å². The zero-order chi connectivity index (χ0) is 14.2. The van der Waals surface area contributed by atoms with Crippen LogP contribution in [0.25, 0.3) is 0 Å². The first-order chi connectivity index (χ1) is 9.60. The molecular formula is C14H19N3O3. The van der Waals surface area contributed by atoms with Gasteiger partial charge in [0.05, 0.1) is 4.92 Å². The van der Waals surface area contributed by atoms with E-state index in [9.17, 15) is 10.1 Å². The number of benzene rings is 1. The molecule has 0 atom stereocenters. The third-order valence-electron chi connectivity index (χ3n) is 4.57. The Kier molecular flexibility index (Phi) is 3.25. The molecule has 0 saturated carbocycles. The highest BCUT2D eigenvalue weighted by molar-refractivity contribution is 5.66. The van der Waals surface area contributed by atoms with Crippen molar-refractivity contribution in [3.63, 3.8) is 0 Å². The van der Waals surface area contributed by atoms with Crippen LogP contribution in [0.4, 0.5) is 17.1 Å². The minimum absolute atomic E-state index is 0.00423. The summed E-state index contributed by atoms with van der Waals surface area (Å²) in [7, 11) is 0. The summed E-state index contributed by atoms with van der Waals surface area (Å²) in [6, 6.07) is 5.09. The van der Waals surface area contributed by atoms with Gasteiger partial charge in [0, 0.05) is 38.1 Å². The van der Waals surface area contributed by atoms with E-state index in [0.29, 0.717) is 5.41 Å². The maximum Gasteiger partial charge on any atom is 0.294 e. The lowest BCUT2D eigenvalue weighted by Crippen LogP contribution is -2.33. The molecule has 6 heteroatoms. The number of nitro groups is 1. The highest BCUT2D eigenvalue weighted by Crippen LogP contribution is 2.42. The van der Waals surface area contributed by atoms with Crippen LogP contribution in [0.5, 0.6) is 0 Å². The Bertz CT molecular complexity index is 526. The number of hydrogen-bond donors (Lipinski definition) is 1. The molecule has 6 nitrogen and oxygen atoms in total. The monoisotopic (exact) mass is 277 g/mol. The number of ether oxygens (including phenoxy) is 1. The highest BCUT2D eigenvalue weighted by Gasteiger charge is 2.39. The standard InChI is InChI=1S/C14H19N3O3/c15-12-2-1-11(9-13(12)17(18)19)16-6-3-14(10-16)4-7-20-8-5-14/h1-2,9H,3-8,10,15H2. The van der Waals surface area contributed by atoms with Gasteiger partial charge in [0.15, 0.2) is 0 Å². The smallest absolute Gasteiger partial charge is 0.294 e. The van der Waals surface area contributed by atoms with Crippen molar-refractivity contribution >= 4 is 17.1 Å². The highest BCUT2D eigenvalue weighted by atomic mass is 16.6. The minimum Gasteiger partial charge on any atom is -0.393 e. The van der Waals surface area contributed by atoms with Gasteiger partial charge in [-0.2, -0.15) is 0 Å². The molecule has 1 aromatic rings. The number of nitrogen functional groups attached to an aromatic ring is 1. The van der Waals surface area contributed by atoms with E-state index in [-0.39, 0.29) is 11.4 Å². The topological polar surface area (TPSA) is 81.6 Å². The van der Waals surface area contributed by atoms with Crippen LogP contribution in [-0.2, 0) is 4.74 Å². The summed E-state index contributed by atoms with van der Waals surface area (Å²) in [5, 5.41) is 11.0. The molecule has 2 saturated heterocycles. The van der Waals surface area contributed by atoms with Crippen LogP contribution in [0.3, 0.4) is 0 Å².